The number of hydrogen-bond donors (Lipinski definition) is 1. The lowest BCUT2D eigenvalue weighted by atomic mass is 9.85. The Labute approximate surface area is 167 Å². The number of carbonyl (C=O) groups is 2. The fourth-order valence-electron chi connectivity index (χ4n) is 4.74. The maximum absolute atomic E-state index is 13.1. The topological polar surface area (TPSA) is 82.4 Å². The monoisotopic (exact) mass is 419 g/mol. The van der Waals surface area contributed by atoms with Crippen molar-refractivity contribution in [2.75, 3.05) is 39.9 Å². The van der Waals surface area contributed by atoms with Gasteiger partial charge in [0.25, 0.3) is 5.91 Å². The molecule has 29 heavy (non-hydrogen) atoms. The fraction of sp³-hybridized carbons (Fsp3) is 0.842. The molecule has 1 spiro atoms. The second-order valence-corrected chi connectivity index (χ2v) is 8.40. The molecule has 0 aromatic heterocycles. The first kappa shape index (κ1) is 22.0. The predicted octanol–water partition coefficient (Wildman–Crippen LogP) is 2.02. The van der Waals surface area contributed by atoms with Crippen LogP contribution in [0.25, 0.3) is 0 Å². The summed E-state index contributed by atoms with van der Waals surface area (Å²) in [5.74, 6) is 0.288. The highest BCUT2D eigenvalue weighted by Crippen LogP contribution is 2.50. The van der Waals surface area contributed by atoms with E-state index in [0.29, 0.717) is 17.7 Å². The minimum atomic E-state index is -5.08. The first-order valence-corrected chi connectivity index (χ1v) is 9.98. The third-order valence-corrected chi connectivity index (χ3v) is 6.39. The number of aliphatic carboxylic acids is 1. The molecule has 10 heteroatoms. The van der Waals surface area contributed by atoms with E-state index in [1.165, 1.54) is 12.8 Å². The van der Waals surface area contributed by atoms with Gasteiger partial charge in [-0.15, -0.1) is 0 Å². The van der Waals surface area contributed by atoms with Gasteiger partial charge in [-0.1, -0.05) is 0 Å². The number of fused-ring (bicyclic) bond motifs is 2. The van der Waals surface area contributed by atoms with Gasteiger partial charge in [0.05, 0.1) is 6.61 Å². The van der Waals surface area contributed by atoms with Crippen molar-refractivity contribution in [2.24, 2.45) is 22.7 Å². The molecule has 2 saturated carbocycles. The third kappa shape index (κ3) is 4.58. The Morgan fingerprint density at radius 3 is 2.52 bits per heavy atom. The van der Waals surface area contributed by atoms with Crippen molar-refractivity contribution >= 4 is 17.7 Å². The number of carboxylic acid groups (broad SMARTS) is 1. The second kappa shape index (κ2) is 8.22. The summed E-state index contributed by atoms with van der Waals surface area (Å²) in [6, 6.07) is 0. The van der Waals surface area contributed by atoms with Crippen molar-refractivity contribution in [3.8, 4) is 0 Å². The molecule has 0 aromatic rings. The van der Waals surface area contributed by atoms with Crippen molar-refractivity contribution in [3.05, 3.63) is 0 Å². The normalized spacial score (nSPS) is 31.7. The summed E-state index contributed by atoms with van der Waals surface area (Å²) in [5.41, 5.74) is -0.425. The van der Waals surface area contributed by atoms with Crippen LogP contribution in [0.5, 0.6) is 0 Å². The average molecular weight is 419 g/mol. The first-order chi connectivity index (χ1) is 13.6. The largest absolute Gasteiger partial charge is 0.490 e. The van der Waals surface area contributed by atoms with E-state index in [0.717, 1.165) is 57.4 Å². The van der Waals surface area contributed by atoms with E-state index in [1.54, 1.807) is 7.11 Å². The Hall–Kier alpha value is -1.68. The van der Waals surface area contributed by atoms with E-state index in [4.69, 9.17) is 19.6 Å². The Morgan fingerprint density at radius 1 is 1.31 bits per heavy atom. The van der Waals surface area contributed by atoms with E-state index in [1.807, 2.05) is 11.8 Å². The number of amides is 1. The molecule has 0 unspecified atom stereocenters. The lowest BCUT2D eigenvalue weighted by molar-refractivity contribution is -0.192. The van der Waals surface area contributed by atoms with Crippen LogP contribution in [0, 0.1) is 17.8 Å². The lowest BCUT2D eigenvalue weighted by Crippen LogP contribution is -2.47. The van der Waals surface area contributed by atoms with Crippen LogP contribution in [0.4, 0.5) is 13.2 Å². The summed E-state index contributed by atoms with van der Waals surface area (Å²) in [5, 5.41) is 7.12. The molecule has 4 rings (SSSR count). The zero-order chi connectivity index (χ0) is 21.4. The van der Waals surface area contributed by atoms with Gasteiger partial charge in [-0.05, 0) is 44.4 Å². The highest BCUT2D eigenvalue weighted by atomic mass is 19.4. The number of ether oxygens (including phenoxy) is 1. The fourth-order valence-corrected chi connectivity index (χ4v) is 4.74. The highest BCUT2D eigenvalue weighted by Gasteiger charge is 2.60. The standard InChI is InChI=1S/C17H27N3O2.C2HF3O2/c1-12-18-17(16(21)20(12)9-13-3-4-13)6-5-14-10-19(7-8-22-2)11-15(14)17;3-2(4,5)1(6)7/h13-15H,3-11H2,1-2H3;(H,6,7)/t14-,15+,17-;/m1./s1. The van der Waals surface area contributed by atoms with Gasteiger partial charge in [-0.3, -0.25) is 14.7 Å². The smallest absolute Gasteiger partial charge is 0.475 e. The quantitative estimate of drug-likeness (QED) is 0.737. The van der Waals surface area contributed by atoms with Gasteiger partial charge in [-0.2, -0.15) is 13.2 Å². The van der Waals surface area contributed by atoms with Gasteiger partial charge in [0.1, 0.15) is 11.4 Å². The molecule has 3 fully saturated rings. The van der Waals surface area contributed by atoms with Crippen LogP contribution in [0.3, 0.4) is 0 Å². The van der Waals surface area contributed by atoms with Crippen molar-refractivity contribution in [2.45, 2.75) is 44.3 Å². The Morgan fingerprint density at radius 2 is 1.97 bits per heavy atom. The Balaban J connectivity index is 0.000000298. The Kier molecular flexibility index (Phi) is 6.24. The Bertz CT molecular complexity index is 680. The molecule has 1 saturated heterocycles. The minimum absolute atomic E-state index is 0.304. The number of carbonyl (C=O) groups excluding carboxylic acids is 1. The molecule has 164 valence electrons. The number of carboxylic acids is 1. The lowest BCUT2D eigenvalue weighted by Gasteiger charge is -2.28. The maximum Gasteiger partial charge on any atom is 0.490 e. The number of rotatable bonds is 5. The van der Waals surface area contributed by atoms with Gasteiger partial charge < -0.3 is 14.7 Å². The summed E-state index contributed by atoms with van der Waals surface area (Å²) < 4.78 is 36.9. The number of halogens is 3. The number of alkyl halides is 3. The van der Waals surface area contributed by atoms with E-state index in [9.17, 15) is 18.0 Å². The van der Waals surface area contributed by atoms with E-state index < -0.39 is 17.7 Å². The molecule has 1 N–H and O–H groups in total. The zero-order valence-electron chi connectivity index (χ0n) is 16.7. The van der Waals surface area contributed by atoms with E-state index in [-0.39, 0.29) is 0 Å². The van der Waals surface area contributed by atoms with Crippen LogP contribution in [0.15, 0.2) is 4.99 Å². The SMILES string of the molecule is COCCN1C[C@H]2CC[C@@]3(N=C(C)N(CC4CC4)C3=O)[C@H]2C1.O=C(O)C(F)(F)F. The molecule has 0 bridgehead atoms. The zero-order valence-corrected chi connectivity index (χ0v) is 16.7. The van der Waals surface area contributed by atoms with Crippen molar-refractivity contribution in [3.63, 3.8) is 0 Å². The molecule has 4 aliphatic rings. The average Bonchev–Trinajstić information content (AvgIpc) is 3.20. The van der Waals surface area contributed by atoms with Crippen LogP contribution >= 0.6 is 0 Å². The van der Waals surface area contributed by atoms with Gasteiger partial charge in [0.2, 0.25) is 0 Å². The predicted molar refractivity (Wildman–Crippen MR) is 98.5 cm³/mol. The van der Waals surface area contributed by atoms with Crippen LogP contribution in [0.2, 0.25) is 0 Å². The number of aliphatic imine (C=N–C) groups is 1. The third-order valence-electron chi connectivity index (χ3n) is 6.39. The first-order valence-electron chi connectivity index (χ1n) is 9.98. The minimum Gasteiger partial charge on any atom is -0.475 e. The van der Waals surface area contributed by atoms with E-state index in [2.05, 4.69) is 4.90 Å². The molecule has 7 nitrogen and oxygen atoms in total. The van der Waals surface area contributed by atoms with Crippen LogP contribution < -0.4 is 0 Å². The van der Waals surface area contributed by atoms with Gasteiger partial charge >= 0.3 is 12.1 Å². The van der Waals surface area contributed by atoms with E-state index >= 15 is 0 Å². The van der Waals surface area contributed by atoms with Crippen molar-refractivity contribution in [1.29, 1.82) is 0 Å². The molecule has 2 heterocycles. The molecule has 2 aliphatic carbocycles. The van der Waals surface area contributed by atoms with Gasteiger partial charge in [0.15, 0.2) is 0 Å². The number of likely N-dealkylation sites (tertiary alicyclic amines) is 1. The van der Waals surface area contributed by atoms with Crippen LogP contribution in [-0.4, -0.2) is 84.2 Å². The van der Waals surface area contributed by atoms with Crippen LogP contribution in [-0.2, 0) is 14.3 Å². The molecule has 1 amide bonds. The molecule has 2 aliphatic heterocycles. The molecular formula is C19H28F3N3O4. The number of amidine groups is 1. The van der Waals surface area contributed by atoms with Crippen molar-refractivity contribution < 1.29 is 32.6 Å². The molecule has 3 atom stereocenters. The van der Waals surface area contributed by atoms with Gasteiger partial charge in [-0.25, -0.2) is 4.79 Å². The molecular weight excluding hydrogens is 391 g/mol. The number of methoxy groups -OCH3 is 1. The highest BCUT2D eigenvalue weighted by molar-refractivity contribution is 6.07. The summed E-state index contributed by atoms with van der Waals surface area (Å²) in [6.07, 6.45) is -0.423. The molecule has 0 aromatic carbocycles. The molecule has 0 radical (unpaired) electrons. The summed E-state index contributed by atoms with van der Waals surface area (Å²) in [7, 11) is 1.75. The summed E-state index contributed by atoms with van der Waals surface area (Å²) in [4.78, 5) is 31.4. The second-order valence-electron chi connectivity index (χ2n) is 8.40. The summed E-state index contributed by atoms with van der Waals surface area (Å²) >= 11 is 0. The number of hydrogen-bond acceptors (Lipinski definition) is 5. The van der Waals surface area contributed by atoms with Gasteiger partial charge in [0, 0.05) is 39.2 Å². The summed E-state index contributed by atoms with van der Waals surface area (Å²) in [6.45, 7) is 6.80. The number of nitrogens with zero attached hydrogens (tertiary/aromatic N) is 3. The van der Waals surface area contributed by atoms with Crippen LogP contribution in [0.1, 0.15) is 32.6 Å². The van der Waals surface area contributed by atoms with Crippen molar-refractivity contribution in [1.82, 2.24) is 9.80 Å². The maximum atomic E-state index is 13.1.